The van der Waals surface area contributed by atoms with Gasteiger partial charge in [0, 0.05) is 23.7 Å². The zero-order valence-corrected chi connectivity index (χ0v) is 15.3. The lowest BCUT2D eigenvalue weighted by Crippen LogP contribution is -2.44. The summed E-state index contributed by atoms with van der Waals surface area (Å²) in [6.07, 6.45) is 2.40. The number of nitrogens with zero attached hydrogens (tertiary/aromatic N) is 2. The molecule has 0 unspecified atom stereocenters. The number of nitrogens with two attached hydrogens (primary N) is 1. The molecule has 0 radical (unpaired) electrons. The molecule has 0 amide bonds. The van der Waals surface area contributed by atoms with E-state index in [1.54, 1.807) is 0 Å². The molecule has 4 nitrogen and oxygen atoms in total. The highest BCUT2D eigenvalue weighted by molar-refractivity contribution is 5.48. The second-order valence-corrected chi connectivity index (χ2v) is 6.54. The van der Waals surface area contributed by atoms with Crippen LogP contribution in [0.1, 0.15) is 43.4 Å². The van der Waals surface area contributed by atoms with Crippen LogP contribution < -0.4 is 5.73 Å². The third-order valence-electron chi connectivity index (χ3n) is 4.99. The van der Waals surface area contributed by atoms with Gasteiger partial charge in [0.1, 0.15) is 5.75 Å². The topological polar surface area (TPSA) is 52.7 Å². The zero-order valence-electron chi connectivity index (χ0n) is 15.3. The van der Waals surface area contributed by atoms with Crippen LogP contribution in [0.3, 0.4) is 0 Å². The average molecular weight is 329 g/mol. The minimum absolute atomic E-state index is 0.355. The first-order chi connectivity index (χ1) is 11.6. The number of hydrogen-bond donors (Lipinski definition) is 2. The lowest BCUT2D eigenvalue weighted by molar-refractivity contribution is 0.112. The summed E-state index contributed by atoms with van der Waals surface area (Å²) in [6.45, 7) is 12.0. The summed E-state index contributed by atoms with van der Waals surface area (Å²) in [5.41, 5.74) is 8.24. The molecular formula is C20H31N3O. The number of rotatable bonds is 5. The van der Waals surface area contributed by atoms with E-state index in [-0.39, 0.29) is 0 Å². The Morgan fingerprint density at radius 3 is 2.50 bits per heavy atom. The Bertz CT molecular complexity index is 591. The summed E-state index contributed by atoms with van der Waals surface area (Å²) in [6, 6.07) is 4.63. The molecule has 4 heteroatoms. The summed E-state index contributed by atoms with van der Waals surface area (Å²) in [7, 11) is 0. The summed E-state index contributed by atoms with van der Waals surface area (Å²) >= 11 is 0. The predicted molar refractivity (Wildman–Crippen MR) is 100.0 cm³/mol. The molecule has 1 aromatic rings. The van der Waals surface area contributed by atoms with Gasteiger partial charge >= 0.3 is 0 Å². The van der Waals surface area contributed by atoms with Crippen LogP contribution in [0.2, 0.25) is 0 Å². The van der Waals surface area contributed by atoms with E-state index in [1.807, 2.05) is 19.1 Å². The van der Waals surface area contributed by atoms with Gasteiger partial charge < -0.3 is 15.7 Å². The van der Waals surface area contributed by atoms with Gasteiger partial charge in [-0.25, -0.2) is 0 Å². The second-order valence-electron chi connectivity index (χ2n) is 6.54. The number of aromatic hydroxyl groups is 1. The minimum atomic E-state index is 0.355. The number of benzene rings is 1. The molecule has 0 aliphatic carbocycles. The van der Waals surface area contributed by atoms with E-state index in [4.69, 9.17) is 5.73 Å². The third-order valence-corrected chi connectivity index (χ3v) is 4.99. The highest BCUT2D eigenvalue weighted by Gasteiger charge is 2.23. The highest BCUT2D eigenvalue weighted by atomic mass is 16.3. The number of phenols is 1. The monoisotopic (exact) mass is 329 g/mol. The summed E-state index contributed by atoms with van der Waals surface area (Å²) in [4.78, 5) is 5.00. The Morgan fingerprint density at radius 2 is 1.92 bits per heavy atom. The van der Waals surface area contributed by atoms with Crippen molar-refractivity contribution in [2.24, 2.45) is 5.73 Å². The zero-order chi connectivity index (χ0) is 17.5. The van der Waals surface area contributed by atoms with Gasteiger partial charge in [-0.2, -0.15) is 0 Å². The van der Waals surface area contributed by atoms with Crippen molar-refractivity contribution >= 4 is 0 Å². The molecule has 1 heterocycles. The van der Waals surface area contributed by atoms with Crippen LogP contribution in [-0.4, -0.2) is 53.7 Å². The van der Waals surface area contributed by atoms with Crippen LogP contribution in [0.4, 0.5) is 0 Å². The molecule has 1 fully saturated rings. The van der Waals surface area contributed by atoms with Gasteiger partial charge in [0.15, 0.2) is 0 Å². The molecule has 0 spiro atoms. The molecular weight excluding hydrogens is 298 g/mol. The van der Waals surface area contributed by atoms with E-state index in [2.05, 4.69) is 35.5 Å². The summed E-state index contributed by atoms with van der Waals surface area (Å²) in [5, 5.41) is 10.4. The first-order valence-corrected chi connectivity index (χ1v) is 9.06. The van der Waals surface area contributed by atoms with Crippen LogP contribution in [0, 0.1) is 18.8 Å². The number of aryl methyl sites for hydroxylation is 1. The first-order valence-electron chi connectivity index (χ1n) is 9.06. The minimum Gasteiger partial charge on any atom is -0.507 e. The summed E-state index contributed by atoms with van der Waals surface area (Å²) in [5.74, 6) is 6.37. The molecule has 0 aromatic heterocycles. The SMILES string of the molecule is CCN(CC)C1CCN(Cc2cc(C#CCN)cc(C)c2O)CC1. The van der Waals surface area contributed by atoms with Crippen molar-refractivity contribution in [3.63, 3.8) is 0 Å². The molecule has 1 saturated heterocycles. The van der Waals surface area contributed by atoms with Gasteiger partial charge in [-0.1, -0.05) is 25.7 Å². The maximum Gasteiger partial charge on any atom is 0.123 e. The van der Waals surface area contributed by atoms with Crippen molar-refractivity contribution in [2.45, 2.75) is 46.2 Å². The fourth-order valence-electron chi connectivity index (χ4n) is 3.62. The maximum atomic E-state index is 10.4. The largest absolute Gasteiger partial charge is 0.507 e. The fraction of sp³-hybridized carbons (Fsp3) is 0.600. The quantitative estimate of drug-likeness (QED) is 0.814. The fourth-order valence-corrected chi connectivity index (χ4v) is 3.62. The molecule has 132 valence electrons. The molecule has 0 saturated carbocycles. The number of phenolic OH excluding ortho intramolecular Hbond substituents is 1. The van der Waals surface area contributed by atoms with Crippen LogP contribution in [0.25, 0.3) is 0 Å². The van der Waals surface area contributed by atoms with Gasteiger partial charge in [0.05, 0.1) is 6.54 Å². The van der Waals surface area contributed by atoms with E-state index in [1.165, 1.54) is 12.8 Å². The van der Waals surface area contributed by atoms with E-state index < -0.39 is 0 Å². The van der Waals surface area contributed by atoms with Gasteiger partial charge in [0.25, 0.3) is 0 Å². The third kappa shape index (κ3) is 4.73. The number of likely N-dealkylation sites (tertiary alicyclic amines) is 1. The van der Waals surface area contributed by atoms with Crippen molar-refractivity contribution in [2.75, 3.05) is 32.7 Å². The van der Waals surface area contributed by atoms with Crippen LogP contribution in [0.15, 0.2) is 12.1 Å². The van der Waals surface area contributed by atoms with E-state index >= 15 is 0 Å². The van der Waals surface area contributed by atoms with E-state index in [0.29, 0.717) is 18.3 Å². The normalized spacial score (nSPS) is 16.2. The standard InChI is InChI=1S/C20H31N3O/c1-4-23(5-2)19-8-11-22(12-9-19)15-18-14-17(7-6-10-21)13-16(3)20(18)24/h13-14,19,24H,4-5,8-12,15,21H2,1-3H3. The van der Waals surface area contributed by atoms with Crippen LogP contribution in [-0.2, 0) is 6.54 Å². The Labute approximate surface area is 146 Å². The maximum absolute atomic E-state index is 10.4. The molecule has 24 heavy (non-hydrogen) atoms. The van der Waals surface area contributed by atoms with Gasteiger partial charge in [-0.3, -0.25) is 4.90 Å². The van der Waals surface area contributed by atoms with Crippen molar-refractivity contribution in [3.05, 3.63) is 28.8 Å². The van der Waals surface area contributed by atoms with Crippen molar-refractivity contribution in [1.82, 2.24) is 9.80 Å². The van der Waals surface area contributed by atoms with E-state index in [9.17, 15) is 5.11 Å². The average Bonchev–Trinajstić information content (AvgIpc) is 2.59. The van der Waals surface area contributed by atoms with Crippen molar-refractivity contribution in [3.8, 4) is 17.6 Å². The first kappa shape index (κ1) is 18.8. The van der Waals surface area contributed by atoms with E-state index in [0.717, 1.165) is 49.4 Å². The van der Waals surface area contributed by atoms with Gasteiger partial charge in [-0.15, -0.1) is 0 Å². The van der Waals surface area contributed by atoms with Crippen molar-refractivity contribution < 1.29 is 5.11 Å². The molecule has 1 aliphatic heterocycles. The smallest absolute Gasteiger partial charge is 0.123 e. The molecule has 0 bridgehead atoms. The summed E-state index contributed by atoms with van der Waals surface area (Å²) < 4.78 is 0. The molecule has 1 aromatic carbocycles. The number of hydrogen-bond acceptors (Lipinski definition) is 4. The molecule has 3 N–H and O–H groups in total. The highest BCUT2D eigenvalue weighted by Crippen LogP contribution is 2.26. The molecule has 1 aliphatic rings. The molecule has 0 atom stereocenters. The lowest BCUT2D eigenvalue weighted by Gasteiger charge is -2.37. The van der Waals surface area contributed by atoms with Gasteiger partial charge in [0.2, 0.25) is 0 Å². The lowest BCUT2D eigenvalue weighted by atomic mass is 10.0. The Balaban J connectivity index is 2.03. The second kappa shape index (κ2) is 9.08. The van der Waals surface area contributed by atoms with Gasteiger partial charge in [-0.05, 0) is 63.6 Å². The van der Waals surface area contributed by atoms with Crippen molar-refractivity contribution in [1.29, 1.82) is 0 Å². The Hall–Kier alpha value is -1.54. The van der Waals surface area contributed by atoms with Crippen LogP contribution in [0.5, 0.6) is 5.75 Å². The Morgan fingerprint density at radius 1 is 1.25 bits per heavy atom. The molecule has 2 rings (SSSR count). The Kier molecular flexibility index (Phi) is 7.11. The van der Waals surface area contributed by atoms with Crippen LogP contribution >= 0.6 is 0 Å². The number of piperidine rings is 1. The predicted octanol–water partition coefficient (Wildman–Crippen LogP) is 2.32.